The standard InChI is InChI=1S/C13H16N2O3/c1-10-6-12(8-13(7-10)15(17)18)14-4-2-11(9-16)3-5-14/h6-9,11H,2-5H2,1H3. The Labute approximate surface area is 106 Å². The van der Waals surface area contributed by atoms with Crippen LogP contribution in [0.15, 0.2) is 18.2 Å². The molecule has 0 atom stereocenters. The third kappa shape index (κ3) is 2.67. The first-order valence-corrected chi connectivity index (χ1v) is 6.06. The van der Waals surface area contributed by atoms with E-state index in [0.717, 1.165) is 43.5 Å². The summed E-state index contributed by atoms with van der Waals surface area (Å²) in [6, 6.07) is 5.13. The topological polar surface area (TPSA) is 63.5 Å². The zero-order valence-corrected chi connectivity index (χ0v) is 10.3. The van der Waals surface area contributed by atoms with Crippen LogP contribution in [0.4, 0.5) is 11.4 Å². The molecule has 0 saturated carbocycles. The van der Waals surface area contributed by atoms with Crippen LogP contribution in [0.3, 0.4) is 0 Å². The molecule has 0 amide bonds. The molecular formula is C13H16N2O3. The van der Waals surface area contributed by atoms with Crippen LogP contribution in [0, 0.1) is 23.0 Å². The highest BCUT2D eigenvalue weighted by molar-refractivity contribution is 5.58. The van der Waals surface area contributed by atoms with Crippen molar-refractivity contribution >= 4 is 17.7 Å². The lowest BCUT2D eigenvalue weighted by atomic mass is 9.98. The molecule has 1 aromatic carbocycles. The lowest BCUT2D eigenvalue weighted by Gasteiger charge is -2.31. The van der Waals surface area contributed by atoms with E-state index in [1.807, 2.05) is 13.0 Å². The Balaban J connectivity index is 2.18. The molecule has 0 spiro atoms. The predicted octanol–water partition coefficient (Wildman–Crippen LogP) is 2.32. The Morgan fingerprint density at radius 2 is 2.00 bits per heavy atom. The van der Waals surface area contributed by atoms with Gasteiger partial charge in [-0.2, -0.15) is 0 Å². The number of rotatable bonds is 3. The fourth-order valence-electron chi connectivity index (χ4n) is 2.32. The molecule has 0 aromatic heterocycles. The number of hydrogen-bond donors (Lipinski definition) is 0. The van der Waals surface area contributed by atoms with Crippen molar-refractivity contribution in [2.45, 2.75) is 19.8 Å². The average molecular weight is 248 g/mol. The second-order valence-electron chi connectivity index (χ2n) is 4.74. The number of nitrogens with zero attached hydrogens (tertiary/aromatic N) is 2. The Kier molecular flexibility index (Phi) is 3.60. The monoisotopic (exact) mass is 248 g/mol. The van der Waals surface area contributed by atoms with Crippen LogP contribution in [0.2, 0.25) is 0 Å². The number of non-ortho nitro benzene ring substituents is 1. The van der Waals surface area contributed by atoms with Gasteiger partial charge in [-0.05, 0) is 31.4 Å². The second kappa shape index (κ2) is 5.16. The van der Waals surface area contributed by atoms with Crippen LogP contribution < -0.4 is 4.90 Å². The fraction of sp³-hybridized carbons (Fsp3) is 0.462. The zero-order chi connectivity index (χ0) is 13.1. The third-order valence-corrected chi connectivity index (χ3v) is 3.35. The van der Waals surface area contributed by atoms with Crippen molar-refractivity contribution in [3.63, 3.8) is 0 Å². The summed E-state index contributed by atoms with van der Waals surface area (Å²) in [7, 11) is 0. The summed E-state index contributed by atoms with van der Waals surface area (Å²) in [5.74, 6) is 0.140. The van der Waals surface area contributed by atoms with Gasteiger partial charge in [0.1, 0.15) is 6.29 Å². The minimum Gasteiger partial charge on any atom is -0.371 e. The number of nitro benzene ring substituents is 1. The largest absolute Gasteiger partial charge is 0.371 e. The second-order valence-corrected chi connectivity index (χ2v) is 4.74. The van der Waals surface area contributed by atoms with E-state index >= 15 is 0 Å². The molecule has 5 nitrogen and oxygen atoms in total. The van der Waals surface area contributed by atoms with Gasteiger partial charge in [0, 0.05) is 36.8 Å². The van der Waals surface area contributed by atoms with E-state index in [4.69, 9.17) is 0 Å². The Morgan fingerprint density at radius 1 is 1.33 bits per heavy atom. The first kappa shape index (κ1) is 12.5. The van der Waals surface area contributed by atoms with Crippen LogP contribution in [0.1, 0.15) is 18.4 Å². The highest BCUT2D eigenvalue weighted by Gasteiger charge is 2.20. The quantitative estimate of drug-likeness (QED) is 0.468. The number of hydrogen-bond acceptors (Lipinski definition) is 4. The van der Waals surface area contributed by atoms with Crippen LogP contribution in [-0.2, 0) is 4.79 Å². The minimum atomic E-state index is -0.366. The molecule has 1 heterocycles. The van der Waals surface area contributed by atoms with Gasteiger partial charge in [-0.25, -0.2) is 0 Å². The number of anilines is 1. The highest BCUT2D eigenvalue weighted by Crippen LogP contribution is 2.27. The SMILES string of the molecule is Cc1cc(N2CCC(C=O)CC2)cc([N+](=O)[O-])c1. The van der Waals surface area contributed by atoms with E-state index in [9.17, 15) is 14.9 Å². The Hall–Kier alpha value is -1.91. The number of carbonyl (C=O) groups excluding carboxylic acids is 1. The average Bonchev–Trinajstić information content (AvgIpc) is 2.38. The molecule has 0 radical (unpaired) electrons. The highest BCUT2D eigenvalue weighted by atomic mass is 16.6. The van der Waals surface area contributed by atoms with Gasteiger partial charge in [-0.3, -0.25) is 10.1 Å². The summed E-state index contributed by atoms with van der Waals surface area (Å²) in [5, 5.41) is 10.8. The molecule has 96 valence electrons. The molecule has 1 saturated heterocycles. The van der Waals surface area contributed by atoms with Crippen molar-refractivity contribution in [1.82, 2.24) is 0 Å². The summed E-state index contributed by atoms with van der Waals surface area (Å²) in [6.45, 7) is 3.42. The molecule has 0 N–H and O–H groups in total. The summed E-state index contributed by atoms with van der Waals surface area (Å²) in [6.07, 6.45) is 2.66. The maximum absolute atomic E-state index is 10.8. The van der Waals surface area contributed by atoms with Crippen molar-refractivity contribution in [3.8, 4) is 0 Å². The molecule has 1 fully saturated rings. The number of benzene rings is 1. The van der Waals surface area contributed by atoms with Crippen LogP contribution in [0.25, 0.3) is 0 Å². The smallest absolute Gasteiger partial charge is 0.271 e. The summed E-state index contributed by atoms with van der Waals surface area (Å²) >= 11 is 0. The maximum Gasteiger partial charge on any atom is 0.271 e. The van der Waals surface area contributed by atoms with Gasteiger partial charge in [0.25, 0.3) is 5.69 Å². The van der Waals surface area contributed by atoms with Gasteiger partial charge in [0.15, 0.2) is 0 Å². The van der Waals surface area contributed by atoms with Gasteiger partial charge < -0.3 is 9.69 Å². The van der Waals surface area contributed by atoms with Crippen LogP contribution in [-0.4, -0.2) is 24.3 Å². The molecule has 1 aromatic rings. The van der Waals surface area contributed by atoms with Crippen LogP contribution >= 0.6 is 0 Å². The lowest BCUT2D eigenvalue weighted by Crippen LogP contribution is -2.34. The molecule has 0 unspecified atom stereocenters. The number of carbonyl (C=O) groups is 1. The minimum absolute atomic E-state index is 0.127. The number of aryl methyl sites for hydroxylation is 1. The van der Waals surface area contributed by atoms with Crippen molar-refractivity contribution in [1.29, 1.82) is 0 Å². The summed E-state index contributed by atoms with van der Waals surface area (Å²) in [4.78, 5) is 23.3. The van der Waals surface area contributed by atoms with E-state index < -0.39 is 0 Å². The number of aldehydes is 1. The van der Waals surface area contributed by atoms with Crippen molar-refractivity contribution < 1.29 is 9.72 Å². The predicted molar refractivity (Wildman–Crippen MR) is 68.8 cm³/mol. The first-order chi connectivity index (χ1) is 8.60. The van der Waals surface area contributed by atoms with Crippen LogP contribution in [0.5, 0.6) is 0 Å². The molecule has 5 heteroatoms. The van der Waals surface area contributed by atoms with Gasteiger partial charge in [-0.15, -0.1) is 0 Å². The van der Waals surface area contributed by atoms with Crippen molar-refractivity contribution in [3.05, 3.63) is 33.9 Å². The molecule has 0 bridgehead atoms. The Bertz CT molecular complexity index is 465. The van der Waals surface area contributed by atoms with E-state index in [0.29, 0.717) is 0 Å². The summed E-state index contributed by atoms with van der Waals surface area (Å²) < 4.78 is 0. The first-order valence-electron chi connectivity index (χ1n) is 6.06. The van der Waals surface area contributed by atoms with Gasteiger partial charge >= 0.3 is 0 Å². The van der Waals surface area contributed by atoms with E-state index in [2.05, 4.69) is 4.90 Å². The molecule has 18 heavy (non-hydrogen) atoms. The number of piperidine rings is 1. The van der Waals surface area contributed by atoms with E-state index in [-0.39, 0.29) is 16.5 Å². The normalized spacial score (nSPS) is 16.6. The van der Waals surface area contributed by atoms with E-state index in [1.54, 1.807) is 12.1 Å². The molecule has 0 aliphatic carbocycles. The van der Waals surface area contributed by atoms with Gasteiger partial charge in [0.05, 0.1) is 4.92 Å². The fourth-order valence-corrected chi connectivity index (χ4v) is 2.32. The summed E-state index contributed by atoms with van der Waals surface area (Å²) in [5.41, 5.74) is 1.89. The van der Waals surface area contributed by atoms with E-state index in [1.165, 1.54) is 0 Å². The lowest BCUT2D eigenvalue weighted by molar-refractivity contribution is -0.384. The molecule has 1 aliphatic heterocycles. The third-order valence-electron chi connectivity index (χ3n) is 3.35. The molecule has 1 aliphatic rings. The van der Waals surface area contributed by atoms with Crippen molar-refractivity contribution in [2.24, 2.45) is 5.92 Å². The molecule has 2 rings (SSSR count). The van der Waals surface area contributed by atoms with Gasteiger partial charge in [-0.1, -0.05) is 0 Å². The zero-order valence-electron chi connectivity index (χ0n) is 10.3. The Morgan fingerprint density at radius 3 is 2.56 bits per heavy atom. The maximum atomic E-state index is 10.8. The van der Waals surface area contributed by atoms with Crippen molar-refractivity contribution in [2.75, 3.05) is 18.0 Å². The molecular weight excluding hydrogens is 232 g/mol. The van der Waals surface area contributed by atoms with Gasteiger partial charge in [0.2, 0.25) is 0 Å². The number of nitro groups is 1.